The Balaban J connectivity index is 1.80. The minimum Gasteiger partial charge on any atom is -0.291 e. The van der Waals surface area contributed by atoms with Gasteiger partial charge in [-0.15, -0.1) is 0 Å². The Morgan fingerprint density at radius 2 is 1.64 bits per heavy atom. The average molecular weight is 328 g/mol. The zero-order valence-corrected chi connectivity index (χ0v) is 13.7. The Morgan fingerprint density at radius 1 is 1.00 bits per heavy atom. The van der Waals surface area contributed by atoms with Gasteiger partial charge in [0.15, 0.2) is 0 Å². The van der Waals surface area contributed by atoms with Crippen molar-refractivity contribution in [3.05, 3.63) is 82.3 Å². The van der Waals surface area contributed by atoms with Crippen molar-refractivity contribution in [2.24, 2.45) is 5.10 Å². The summed E-state index contributed by atoms with van der Waals surface area (Å²) in [5.74, 6) is 0.325. The van der Waals surface area contributed by atoms with Crippen LogP contribution >= 0.6 is 0 Å². The molecule has 0 radical (unpaired) electrons. The molecule has 1 aromatic heterocycles. The number of fused-ring (bicyclic) bond motifs is 2. The Labute approximate surface area is 144 Å². The molecule has 25 heavy (non-hydrogen) atoms. The number of aromatic nitrogens is 2. The highest BCUT2D eigenvalue weighted by Gasteiger charge is 2.05. The first-order valence-electron chi connectivity index (χ1n) is 7.98. The molecule has 0 aliphatic rings. The van der Waals surface area contributed by atoms with Gasteiger partial charge in [-0.3, -0.25) is 9.78 Å². The molecule has 2 N–H and O–H groups in total. The van der Waals surface area contributed by atoms with Crippen LogP contribution in [0.15, 0.2) is 70.6 Å². The largest absolute Gasteiger partial charge is 0.291 e. The predicted octanol–water partition coefficient (Wildman–Crippen LogP) is 3.83. The van der Waals surface area contributed by atoms with E-state index in [9.17, 15) is 4.79 Å². The van der Waals surface area contributed by atoms with Crippen molar-refractivity contribution < 1.29 is 0 Å². The molecule has 0 unspecified atom stereocenters. The molecule has 0 saturated heterocycles. The molecule has 0 spiro atoms. The third-order valence-corrected chi connectivity index (χ3v) is 4.05. The molecule has 0 fully saturated rings. The van der Waals surface area contributed by atoms with E-state index >= 15 is 0 Å². The number of nitrogens with one attached hydrogen (secondary N) is 2. The third-order valence-electron chi connectivity index (χ3n) is 4.05. The highest BCUT2D eigenvalue weighted by atomic mass is 16.1. The van der Waals surface area contributed by atoms with Crippen LogP contribution in [0.1, 0.15) is 11.3 Å². The van der Waals surface area contributed by atoms with E-state index in [-0.39, 0.29) is 5.56 Å². The van der Waals surface area contributed by atoms with E-state index in [4.69, 9.17) is 0 Å². The van der Waals surface area contributed by atoms with Crippen molar-refractivity contribution in [2.45, 2.75) is 6.92 Å². The number of nitrogens with zero attached hydrogens (tertiary/aromatic N) is 2. The summed E-state index contributed by atoms with van der Waals surface area (Å²) < 4.78 is 0. The number of hydrogen-bond acceptors (Lipinski definition) is 4. The van der Waals surface area contributed by atoms with Gasteiger partial charge in [0, 0.05) is 17.3 Å². The van der Waals surface area contributed by atoms with Gasteiger partial charge in [0.25, 0.3) is 5.56 Å². The smallest absolute Gasteiger partial charge is 0.252 e. The van der Waals surface area contributed by atoms with E-state index in [1.165, 1.54) is 6.07 Å². The topological polar surface area (TPSA) is 70.1 Å². The summed E-state index contributed by atoms with van der Waals surface area (Å²) in [4.78, 5) is 18.3. The molecule has 4 rings (SSSR count). The van der Waals surface area contributed by atoms with Gasteiger partial charge >= 0.3 is 0 Å². The summed E-state index contributed by atoms with van der Waals surface area (Å²) in [5, 5.41) is 8.85. The number of anilines is 1. The molecule has 0 saturated carbocycles. The van der Waals surface area contributed by atoms with Gasteiger partial charge < -0.3 is 0 Å². The fourth-order valence-electron chi connectivity index (χ4n) is 2.98. The number of hydrazone groups is 1. The SMILES string of the molecule is Cc1cc(=O)[nH]c(N/N=C/c2c3ccccc3cc3ccccc23)n1. The highest BCUT2D eigenvalue weighted by molar-refractivity contribution is 6.13. The van der Waals surface area contributed by atoms with E-state index in [0.29, 0.717) is 11.6 Å². The van der Waals surface area contributed by atoms with Crippen LogP contribution in [0, 0.1) is 6.92 Å². The van der Waals surface area contributed by atoms with E-state index in [2.05, 4.69) is 50.8 Å². The minimum absolute atomic E-state index is 0.208. The van der Waals surface area contributed by atoms with E-state index in [1.54, 1.807) is 13.1 Å². The Hall–Kier alpha value is -3.47. The van der Waals surface area contributed by atoms with Gasteiger partial charge in [-0.25, -0.2) is 10.4 Å². The molecule has 0 amide bonds. The van der Waals surface area contributed by atoms with Crippen LogP contribution < -0.4 is 11.0 Å². The molecule has 4 aromatic rings. The van der Waals surface area contributed by atoms with Crippen LogP contribution in [-0.2, 0) is 0 Å². The van der Waals surface area contributed by atoms with Crippen LogP contribution in [0.25, 0.3) is 21.5 Å². The van der Waals surface area contributed by atoms with Crippen molar-refractivity contribution >= 4 is 33.7 Å². The zero-order valence-electron chi connectivity index (χ0n) is 13.7. The molecular weight excluding hydrogens is 312 g/mol. The summed E-state index contributed by atoms with van der Waals surface area (Å²) in [5.41, 5.74) is 4.26. The molecule has 5 heteroatoms. The molecular formula is C20H16N4O. The van der Waals surface area contributed by atoms with Crippen LogP contribution in [0.4, 0.5) is 5.95 Å². The fraction of sp³-hybridized carbons (Fsp3) is 0.0500. The molecule has 0 atom stereocenters. The lowest BCUT2D eigenvalue weighted by molar-refractivity contribution is 1.04. The number of hydrogen-bond donors (Lipinski definition) is 2. The molecule has 122 valence electrons. The second-order valence-corrected chi connectivity index (χ2v) is 5.84. The third kappa shape index (κ3) is 2.99. The normalized spacial score (nSPS) is 11.4. The number of H-pyrrole nitrogens is 1. The van der Waals surface area contributed by atoms with Gasteiger partial charge in [-0.1, -0.05) is 48.5 Å². The number of benzene rings is 3. The van der Waals surface area contributed by atoms with Crippen molar-refractivity contribution in [1.82, 2.24) is 9.97 Å². The maximum atomic E-state index is 11.5. The molecule has 1 heterocycles. The van der Waals surface area contributed by atoms with E-state index in [1.807, 2.05) is 24.3 Å². The second kappa shape index (κ2) is 6.20. The summed E-state index contributed by atoms with van der Waals surface area (Å²) in [6.45, 7) is 1.77. The molecule has 3 aromatic carbocycles. The lowest BCUT2D eigenvalue weighted by Gasteiger charge is -2.08. The maximum absolute atomic E-state index is 11.5. The van der Waals surface area contributed by atoms with Crippen molar-refractivity contribution in [2.75, 3.05) is 5.43 Å². The Kier molecular flexibility index (Phi) is 3.74. The van der Waals surface area contributed by atoms with Crippen LogP contribution in [0.5, 0.6) is 0 Å². The lowest BCUT2D eigenvalue weighted by atomic mass is 9.97. The number of rotatable bonds is 3. The summed E-state index contributed by atoms with van der Waals surface area (Å²) in [6, 6.07) is 20.0. The van der Waals surface area contributed by atoms with Crippen LogP contribution in [-0.4, -0.2) is 16.2 Å². The fourth-order valence-corrected chi connectivity index (χ4v) is 2.98. The van der Waals surface area contributed by atoms with E-state index < -0.39 is 0 Å². The average Bonchev–Trinajstić information content (AvgIpc) is 2.60. The standard InChI is InChI=1S/C20H16N4O/c1-13-10-19(25)23-20(22-13)24-21-12-18-16-8-4-2-6-14(16)11-15-7-3-5-9-17(15)18/h2-12H,1H3,(H2,22,23,24,25)/b21-12+. The first-order chi connectivity index (χ1) is 12.2. The molecule has 0 bridgehead atoms. The first-order valence-corrected chi connectivity index (χ1v) is 7.98. The van der Waals surface area contributed by atoms with Crippen LogP contribution in [0.2, 0.25) is 0 Å². The number of aryl methyl sites for hydroxylation is 1. The predicted molar refractivity (Wildman–Crippen MR) is 102 cm³/mol. The van der Waals surface area contributed by atoms with E-state index in [0.717, 1.165) is 27.1 Å². The van der Waals surface area contributed by atoms with Crippen molar-refractivity contribution in [1.29, 1.82) is 0 Å². The molecule has 0 aliphatic heterocycles. The quantitative estimate of drug-likeness (QED) is 0.341. The molecule has 0 aliphatic carbocycles. The van der Waals surface area contributed by atoms with Gasteiger partial charge in [0.2, 0.25) is 5.95 Å². The van der Waals surface area contributed by atoms with Gasteiger partial charge in [0.05, 0.1) is 6.21 Å². The monoisotopic (exact) mass is 328 g/mol. The van der Waals surface area contributed by atoms with Gasteiger partial charge in [-0.05, 0) is 34.5 Å². The Bertz CT molecular complexity index is 1110. The first kappa shape index (κ1) is 15.1. The van der Waals surface area contributed by atoms with Crippen LogP contribution in [0.3, 0.4) is 0 Å². The van der Waals surface area contributed by atoms with Crippen molar-refractivity contribution in [3.8, 4) is 0 Å². The van der Waals surface area contributed by atoms with Gasteiger partial charge in [0.1, 0.15) is 0 Å². The summed E-state index contributed by atoms with van der Waals surface area (Å²) in [6.07, 6.45) is 1.77. The minimum atomic E-state index is -0.208. The van der Waals surface area contributed by atoms with Gasteiger partial charge in [-0.2, -0.15) is 5.10 Å². The zero-order chi connectivity index (χ0) is 17.2. The maximum Gasteiger partial charge on any atom is 0.252 e. The number of aromatic amines is 1. The lowest BCUT2D eigenvalue weighted by Crippen LogP contribution is -2.10. The second-order valence-electron chi connectivity index (χ2n) is 5.84. The van der Waals surface area contributed by atoms with Crippen molar-refractivity contribution in [3.63, 3.8) is 0 Å². The summed E-state index contributed by atoms with van der Waals surface area (Å²) >= 11 is 0. The Morgan fingerprint density at radius 3 is 2.28 bits per heavy atom. The highest BCUT2D eigenvalue weighted by Crippen LogP contribution is 2.27. The summed E-state index contributed by atoms with van der Waals surface area (Å²) in [7, 11) is 0. The molecule has 5 nitrogen and oxygen atoms in total.